The van der Waals surface area contributed by atoms with Gasteiger partial charge >= 0.3 is 11.7 Å². The number of carbonyl (C=O) groups is 2. The van der Waals surface area contributed by atoms with Gasteiger partial charge < -0.3 is 15.3 Å². The molecule has 1 aliphatic rings. The van der Waals surface area contributed by atoms with E-state index in [0.29, 0.717) is 5.56 Å². The van der Waals surface area contributed by atoms with E-state index in [1.807, 2.05) is 0 Å². The fraction of sp³-hybridized carbons (Fsp3) is 0.417. The van der Waals surface area contributed by atoms with Crippen LogP contribution in [0.1, 0.15) is 12.0 Å². The van der Waals surface area contributed by atoms with Crippen molar-refractivity contribution >= 4 is 23.4 Å². The summed E-state index contributed by atoms with van der Waals surface area (Å²) in [5.74, 6) is -1.61. The molecule has 1 unspecified atom stereocenters. The lowest BCUT2D eigenvalue weighted by Gasteiger charge is -2.34. The van der Waals surface area contributed by atoms with Crippen molar-refractivity contribution in [2.24, 2.45) is 0 Å². The normalized spacial score (nSPS) is 18.2. The van der Waals surface area contributed by atoms with Gasteiger partial charge in [0.05, 0.1) is 11.3 Å². The maximum Gasteiger partial charge on any atom is 0.311 e. The highest BCUT2D eigenvalue weighted by Crippen LogP contribution is 2.29. The largest absolute Gasteiger partial charge is 0.481 e. The predicted molar refractivity (Wildman–Crippen MR) is 72.0 cm³/mol. The third-order valence-electron chi connectivity index (χ3n) is 3.15. The zero-order chi connectivity index (χ0) is 15.6. The highest BCUT2D eigenvalue weighted by molar-refractivity contribution is 5.90. The van der Waals surface area contributed by atoms with E-state index in [-0.39, 0.29) is 24.6 Å². The first kappa shape index (κ1) is 14.7. The molecule has 1 aromatic rings. The maximum atomic E-state index is 11.8. The fourth-order valence-electron chi connectivity index (χ4n) is 2.24. The van der Waals surface area contributed by atoms with Gasteiger partial charge in [-0.2, -0.15) is 0 Å². The van der Waals surface area contributed by atoms with Crippen LogP contribution in [0.3, 0.4) is 0 Å². The molecule has 0 bridgehead atoms. The smallest absolute Gasteiger partial charge is 0.311 e. The molecule has 2 rings (SSSR count). The van der Waals surface area contributed by atoms with Gasteiger partial charge in [0, 0.05) is 25.4 Å². The lowest BCUT2D eigenvalue weighted by molar-refractivity contribution is -0.384. The Kier molecular flexibility index (Phi) is 4.01. The lowest BCUT2D eigenvalue weighted by Crippen LogP contribution is -2.56. The summed E-state index contributed by atoms with van der Waals surface area (Å²) in [6.45, 7) is 2.21. The van der Waals surface area contributed by atoms with E-state index in [1.54, 1.807) is 6.92 Å². The quantitative estimate of drug-likeness (QED) is 0.594. The number of aliphatic carboxylic acids is 1. The van der Waals surface area contributed by atoms with Gasteiger partial charge in [-0.3, -0.25) is 19.7 Å². The van der Waals surface area contributed by atoms with Gasteiger partial charge in [-0.1, -0.05) is 0 Å². The van der Waals surface area contributed by atoms with Crippen LogP contribution < -0.4 is 10.2 Å². The van der Waals surface area contributed by atoms with Gasteiger partial charge in [-0.15, -0.1) is 0 Å². The van der Waals surface area contributed by atoms with Crippen LogP contribution >= 0.6 is 0 Å². The fourth-order valence-corrected chi connectivity index (χ4v) is 2.24. The summed E-state index contributed by atoms with van der Waals surface area (Å²) < 4.78 is 0. The minimum Gasteiger partial charge on any atom is -0.481 e. The molecule has 1 fully saturated rings. The minimum atomic E-state index is -1.16. The van der Waals surface area contributed by atoms with E-state index >= 15 is 0 Å². The van der Waals surface area contributed by atoms with Crippen LogP contribution in [0.25, 0.3) is 0 Å². The van der Waals surface area contributed by atoms with Crippen molar-refractivity contribution in [3.63, 3.8) is 0 Å². The van der Waals surface area contributed by atoms with Crippen molar-refractivity contribution in [3.05, 3.63) is 27.9 Å². The van der Waals surface area contributed by atoms with Crippen molar-refractivity contribution in [1.29, 1.82) is 0 Å². The van der Waals surface area contributed by atoms with Gasteiger partial charge in [0.1, 0.15) is 6.04 Å². The van der Waals surface area contributed by atoms with Gasteiger partial charge in [-0.05, 0) is 12.5 Å². The minimum absolute atomic E-state index is 0.0201. The van der Waals surface area contributed by atoms with E-state index in [4.69, 9.17) is 5.11 Å². The Labute approximate surface area is 119 Å². The number of carbonyl (C=O) groups excluding carboxylic acids is 1. The lowest BCUT2D eigenvalue weighted by atomic mass is 10.1. The monoisotopic (exact) mass is 294 g/mol. The molecular formula is C12H14N4O5. The number of nitro groups is 1. The van der Waals surface area contributed by atoms with E-state index in [2.05, 4.69) is 10.3 Å². The number of pyridine rings is 1. The van der Waals surface area contributed by atoms with Crippen molar-refractivity contribution in [2.45, 2.75) is 19.4 Å². The molecule has 0 saturated carbocycles. The molecule has 21 heavy (non-hydrogen) atoms. The Balaban J connectivity index is 2.44. The maximum absolute atomic E-state index is 11.8. The number of piperazine rings is 1. The molecule has 0 aliphatic carbocycles. The zero-order valence-corrected chi connectivity index (χ0v) is 11.3. The molecule has 1 atom stereocenters. The number of hydrogen-bond acceptors (Lipinski definition) is 6. The molecule has 0 aromatic carbocycles. The third-order valence-corrected chi connectivity index (χ3v) is 3.15. The second-order valence-electron chi connectivity index (χ2n) is 4.71. The summed E-state index contributed by atoms with van der Waals surface area (Å²) in [7, 11) is 0. The highest BCUT2D eigenvalue weighted by Gasteiger charge is 2.35. The van der Waals surface area contributed by atoms with E-state index < -0.39 is 29.3 Å². The molecule has 1 saturated heterocycles. The van der Waals surface area contributed by atoms with Crippen LogP contribution in [0.4, 0.5) is 11.5 Å². The van der Waals surface area contributed by atoms with Crippen molar-refractivity contribution in [1.82, 2.24) is 10.3 Å². The molecular weight excluding hydrogens is 280 g/mol. The Morgan fingerprint density at radius 1 is 1.67 bits per heavy atom. The molecule has 9 heteroatoms. The van der Waals surface area contributed by atoms with E-state index in [9.17, 15) is 19.7 Å². The van der Waals surface area contributed by atoms with E-state index in [0.717, 1.165) is 0 Å². The Bertz CT molecular complexity index is 603. The van der Waals surface area contributed by atoms with Crippen molar-refractivity contribution in [2.75, 3.05) is 18.0 Å². The van der Waals surface area contributed by atoms with Crippen LogP contribution in [0, 0.1) is 17.0 Å². The summed E-state index contributed by atoms with van der Waals surface area (Å²) in [5.41, 5.74) is 0.377. The van der Waals surface area contributed by atoms with Gasteiger partial charge in [0.25, 0.3) is 0 Å². The first-order chi connectivity index (χ1) is 9.90. The average molecular weight is 294 g/mol. The Morgan fingerprint density at radius 2 is 2.38 bits per heavy atom. The first-order valence-corrected chi connectivity index (χ1v) is 6.27. The van der Waals surface area contributed by atoms with Crippen LogP contribution in [0.2, 0.25) is 0 Å². The predicted octanol–water partition coefficient (Wildman–Crippen LogP) is 0.0777. The first-order valence-electron chi connectivity index (χ1n) is 6.27. The van der Waals surface area contributed by atoms with Gasteiger partial charge in [0.15, 0.2) is 0 Å². The number of nitrogens with zero attached hydrogens (tertiary/aromatic N) is 3. The standard InChI is InChI=1S/C12H14N4O5/c1-7-4-8(16(20)21)11(14-6-7)15-3-2-13-12(19)9(15)5-10(17)18/h4,6,9H,2-3,5H2,1H3,(H,13,19)(H,17,18). The summed E-state index contributed by atoms with van der Waals surface area (Å²) >= 11 is 0. The molecule has 9 nitrogen and oxygen atoms in total. The Morgan fingerprint density at radius 3 is 3.00 bits per heavy atom. The van der Waals surface area contributed by atoms with Crippen LogP contribution in [-0.4, -0.2) is 46.0 Å². The van der Waals surface area contributed by atoms with Crippen LogP contribution in [0.5, 0.6) is 0 Å². The summed E-state index contributed by atoms with van der Waals surface area (Å²) in [4.78, 5) is 38.7. The average Bonchev–Trinajstić information content (AvgIpc) is 2.41. The second kappa shape index (κ2) is 5.73. The molecule has 2 heterocycles. The van der Waals surface area contributed by atoms with Gasteiger partial charge in [-0.25, -0.2) is 4.98 Å². The molecule has 0 radical (unpaired) electrons. The van der Waals surface area contributed by atoms with Crippen LogP contribution in [0.15, 0.2) is 12.3 Å². The molecule has 1 aliphatic heterocycles. The summed E-state index contributed by atoms with van der Waals surface area (Å²) in [5, 5.41) is 22.6. The number of nitrogens with one attached hydrogen (secondary N) is 1. The Hall–Kier alpha value is -2.71. The summed E-state index contributed by atoms with van der Waals surface area (Å²) in [6, 6.07) is 0.345. The number of carboxylic acids is 1. The number of amides is 1. The zero-order valence-electron chi connectivity index (χ0n) is 11.3. The van der Waals surface area contributed by atoms with E-state index in [1.165, 1.54) is 17.2 Å². The topological polar surface area (TPSA) is 126 Å². The third kappa shape index (κ3) is 3.07. The second-order valence-corrected chi connectivity index (χ2v) is 4.71. The summed E-state index contributed by atoms with van der Waals surface area (Å²) in [6.07, 6.45) is 1.01. The van der Waals surface area contributed by atoms with Gasteiger partial charge in [0.2, 0.25) is 11.7 Å². The SMILES string of the molecule is Cc1cnc(N2CCNC(=O)C2CC(=O)O)c([N+](=O)[O-])c1. The molecule has 1 aromatic heterocycles. The number of aryl methyl sites for hydroxylation is 1. The number of aromatic nitrogens is 1. The molecule has 0 spiro atoms. The number of hydrogen-bond donors (Lipinski definition) is 2. The molecule has 1 amide bonds. The molecule has 2 N–H and O–H groups in total. The van der Waals surface area contributed by atoms with Crippen molar-refractivity contribution < 1.29 is 19.6 Å². The van der Waals surface area contributed by atoms with Crippen LogP contribution in [-0.2, 0) is 9.59 Å². The number of carboxylic acid groups (broad SMARTS) is 1. The highest BCUT2D eigenvalue weighted by atomic mass is 16.6. The van der Waals surface area contributed by atoms with Crippen molar-refractivity contribution in [3.8, 4) is 0 Å². The number of rotatable bonds is 4. The molecule has 112 valence electrons. The number of anilines is 1.